The summed E-state index contributed by atoms with van der Waals surface area (Å²) in [7, 11) is 0. The molecular formula is C9H10N4O. The lowest BCUT2D eigenvalue weighted by atomic mass is 10.3. The lowest BCUT2D eigenvalue weighted by Gasteiger charge is -1.95. The van der Waals surface area contributed by atoms with Crippen molar-refractivity contribution >= 4 is 0 Å². The lowest BCUT2D eigenvalue weighted by molar-refractivity contribution is 0.193. The topological polar surface area (TPSA) is 63.8 Å². The Balaban J connectivity index is 2.43. The second kappa shape index (κ2) is 3.55. The molecule has 0 aliphatic heterocycles. The summed E-state index contributed by atoms with van der Waals surface area (Å²) < 4.78 is 1.50. The van der Waals surface area contributed by atoms with E-state index in [2.05, 4.69) is 15.1 Å². The van der Waals surface area contributed by atoms with Gasteiger partial charge in [0.1, 0.15) is 18.1 Å². The van der Waals surface area contributed by atoms with Gasteiger partial charge in [0.05, 0.1) is 6.20 Å². The predicted molar refractivity (Wildman–Crippen MR) is 50.2 cm³/mol. The summed E-state index contributed by atoms with van der Waals surface area (Å²) in [6, 6.07) is 1.86. The van der Waals surface area contributed by atoms with Gasteiger partial charge >= 0.3 is 0 Å². The van der Waals surface area contributed by atoms with E-state index in [9.17, 15) is 0 Å². The van der Waals surface area contributed by atoms with Crippen LogP contribution in [0.15, 0.2) is 24.7 Å². The van der Waals surface area contributed by atoms with Crippen molar-refractivity contribution in [2.45, 2.75) is 13.7 Å². The zero-order valence-electron chi connectivity index (χ0n) is 7.75. The summed E-state index contributed by atoms with van der Waals surface area (Å²) in [6.07, 6.45) is 4.87. The molecule has 5 nitrogen and oxygen atoms in total. The van der Waals surface area contributed by atoms with Crippen LogP contribution in [0.5, 0.6) is 0 Å². The fraction of sp³-hybridized carbons (Fsp3) is 0.222. The van der Waals surface area contributed by atoms with Gasteiger partial charge in [0.2, 0.25) is 0 Å². The molecule has 0 atom stereocenters. The Morgan fingerprint density at radius 1 is 1.36 bits per heavy atom. The second-order valence-electron chi connectivity index (χ2n) is 2.90. The van der Waals surface area contributed by atoms with Crippen molar-refractivity contribution in [2.75, 3.05) is 0 Å². The maximum atomic E-state index is 8.94. The molecule has 0 saturated heterocycles. The number of aromatic nitrogens is 4. The fourth-order valence-electron chi connectivity index (χ4n) is 1.21. The molecule has 0 radical (unpaired) electrons. The summed E-state index contributed by atoms with van der Waals surface area (Å²) >= 11 is 0. The van der Waals surface area contributed by atoms with Crippen LogP contribution in [0.4, 0.5) is 0 Å². The molecule has 0 bridgehead atoms. The molecule has 2 aromatic rings. The van der Waals surface area contributed by atoms with Gasteiger partial charge in [-0.15, -0.1) is 0 Å². The number of hydrogen-bond donors (Lipinski definition) is 1. The fourth-order valence-corrected chi connectivity index (χ4v) is 1.21. The predicted octanol–water partition coefficient (Wildman–Crippen LogP) is 0.598. The van der Waals surface area contributed by atoms with Crippen LogP contribution in [0.25, 0.3) is 11.4 Å². The van der Waals surface area contributed by atoms with E-state index in [1.165, 1.54) is 4.68 Å². The minimum atomic E-state index is -0.119. The summed E-state index contributed by atoms with van der Waals surface area (Å²) in [6.45, 7) is 1.76. The highest BCUT2D eigenvalue weighted by atomic mass is 16.3. The van der Waals surface area contributed by atoms with Crippen LogP contribution in [0, 0.1) is 6.92 Å². The highest BCUT2D eigenvalue weighted by Crippen LogP contribution is 2.14. The average Bonchev–Trinajstić information content (AvgIpc) is 2.61. The third-order valence-electron chi connectivity index (χ3n) is 1.94. The van der Waals surface area contributed by atoms with Crippen LogP contribution in [0.3, 0.4) is 0 Å². The van der Waals surface area contributed by atoms with Crippen LogP contribution in [-0.2, 0) is 6.73 Å². The van der Waals surface area contributed by atoms with E-state index < -0.39 is 0 Å². The van der Waals surface area contributed by atoms with Gasteiger partial charge in [-0.2, -0.15) is 5.10 Å². The van der Waals surface area contributed by atoms with Gasteiger partial charge in [0.25, 0.3) is 0 Å². The summed E-state index contributed by atoms with van der Waals surface area (Å²) in [5, 5.41) is 13.1. The molecule has 14 heavy (non-hydrogen) atoms. The normalized spacial score (nSPS) is 10.4. The Labute approximate surface area is 81.1 Å². The largest absolute Gasteiger partial charge is 0.374 e. The second-order valence-corrected chi connectivity index (χ2v) is 2.90. The molecule has 0 fully saturated rings. The Kier molecular flexibility index (Phi) is 2.24. The number of hydrogen-bond acceptors (Lipinski definition) is 4. The molecule has 0 amide bonds. The van der Waals surface area contributed by atoms with E-state index in [0.717, 1.165) is 11.4 Å². The van der Waals surface area contributed by atoms with Crippen LogP contribution in [0.2, 0.25) is 0 Å². The monoisotopic (exact) mass is 190 g/mol. The molecule has 2 rings (SSSR count). The minimum Gasteiger partial charge on any atom is -0.374 e. The van der Waals surface area contributed by atoms with Crippen LogP contribution in [0.1, 0.15) is 5.69 Å². The number of aliphatic hydroxyl groups excluding tert-OH is 1. The highest BCUT2D eigenvalue weighted by molar-refractivity contribution is 5.52. The smallest absolute Gasteiger partial charge is 0.136 e. The maximum absolute atomic E-state index is 8.94. The van der Waals surface area contributed by atoms with Gasteiger partial charge in [0, 0.05) is 18.1 Å². The Hall–Kier alpha value is -1.75. The first-order valence-corrected chi connectivity index (χ1v) is 4.23. The van der Waals surface area contributed by atoms with E-state index in [4.69, 9.17) is 5.11 Å². The first kappa shape index (κ1) is 8.83. The number of nitrogens with zero attached hydrogens (tertiary/aromatic N) is 4. The van der Waals surface area contributed by atoms with Crippen molar-refractivity contribution < 1.29 is 5.11 Å². The van der Waals surface area contributed by atoms with Gasteiger partial charge in [-0.1, -0.05) is 0 Å². The van der Waals surface area contributed by atoms with E-state index in [-0.39, 0.29) is 6.73 Å². The van der Waals surface area contributed by atoms with Crippen molar-refractivity contribution in [3.63, 3.8) is 0 Å². The molecule has 0 unspecified atom stereocenters. The van der Waals surface area contributed by atoms with Crippen molar-refractivity contribution in [3.8, 4) is 11.4 Å². The van der Waals surface area contributed by atoms with Crippen LogP contribution >= 0.6 is 0 Å². The molecule has 0 aliphatic rings. The van der Waals surface area contributed by atoms with Crippen molar-refractivity contribution in [1.29, 1.82) is 0 Å². The summed E-state index contributed by atoms with van der Waals surface area (Å²) in [4.78, 5) is 8.07. The molecule has 2 heterocycles. The summed E-state index contributed by atoms with van der Waals surface area (Å²) in [5.41, 5.74) is 2.33. The molecule has 0 saturated carbocycles. The molecule has 72 valence electrons. The van der Waals surface area contributed by atoms with Gasteiger partial charge in [-0.25, -0.2) is 4.68 Å². The maximum Gasteiger partial charge on any atom is 0.136 e. The average molecular weight is 190 g/mol. The third-order valence-corrected chi connectivity index (χ3v) is 1.94. The summed E-state index contributed by atoms with van der Waals surface area (Å²) in [5.74, 6) is 0. The SMILES string of the molecule is Cc1cc(-c2cnccn2)nn1CO. The molecule has 0 spiro atoms. The zero-order chi connectivity index (χ0) is 9.97. The number of aliphatic hydroxyl groups is 1. The Bertz CT molecular complexity index is 424. The van der Waals surface area contributed by atoms with E-state index in [0.29, 0.717) is 5.69 Å². The third kappa shape index (κ3) is 1.49. The Morgan fingerprint density at radius 3 is 2.79 bits per heavy atom. The minimum absolute atomic E-state index is 0.119. The zero-order valence-corrected chi connectivity index (χ0v) is 7.75. The van der Waals surface area contributed by atoms with Crippen LogP contribution < -0.4 is 0 Å². The van der Waals surface area contributed by atoms with Gasteiger partial charge in [-0.3, -0.25) is 9.97 Å². The van der Waals surface area contributed by atoms with Crippen LogP contribution in [-0.4, -0.2) is 24.9 Å². The molecule has 0 aromatic carbocycles. The highest BCUT2D eigenvalue weighted by Gasteiger charge is 2.06. The van der Waals surface area contributed by atoms with Crippen molar-refractivity contribution in [3.05, 3.63) is 30.4 Å². The first-order chi connectivity index (χ1) is 6.81. The molecule has 0 aliphatic carbocycles. The first-order valence-electron chi connectivity index (χ1n) is 4.23. The van der Waals surface area contributed by atoms with E-state index in [1.54, 1.807) is 18.6 Å². The standard InChI is InChI=1S/C9H10N4O/c1-7-4-8(12-13(7)6-14)9-5-10-2-3-11-9/h2-5,14H,6H2,1H3. The molecule has 1 N–H and O–H groups in total. The quantitative estimate of drug-likeness (QED) is 0.753. The van der Waals surface area contributed by atoms with Gasteiger partial charge in [-0.05, 0) is 13.0 Å². The molecule has 2 aromatic heterocycles. The Morgan fingerprint density at radius 2 is 2.21 bits per heavy atom. The van der Waals surface area contributed by atoms with Gasteiger partial charge in [0.15, 0.2) is 0 Å². The number of aryl methyl sites for hydroxylation is 1. The lowest BCUT2D eigenvalue weighted by Crippen LogP contribution is -2.00. The molecular weight excluding hydrogens is 180 g/mol. The van der Waals surface area contributed by atoms with Gasteiger partial charge < -0.3 is 5.11 Å². The van der Waals surface area contributed by atoms with E-state index >= 15 is 0 Å². The van der Waals surface area contributed by atoms with Crippen molar-refractivity contribution in [1.82, 2.24) is 19.7 Å². The molecule has 5 heteroatoms. The van der Waals surface area contributed by atoms with E-state index in [1.807, 2.05) is 13.0 Å². The number of rotatable bonds is 2. The van der Waals surface area contributed by atoms with Crippen molar-refractivity contribution in [2.24, 2.45) is 0 Å².